The van der Waals surface area contributed by atoms with Crippen molar-refractivity contribution >= 4 is 16.6 Å². The number of ketones is 1. The third-order valence-corrected chi connectivity index (χ3v) is 3.02. The van der Waals surface area contributed by atoms with Crippen molar-refractivity contribution in [2.24, 2.45) is 0 Å². The zero-order valence-corrected chi connectivity index (χ0v) is 8.68. The van der Waals surface area contributed by atoms with Crippen LogP contribution in [-0.4, -0.2) is 15.8 Å². The minimum absolute atomic E-state index is 0.0974. The van der Waals surface area contributed by atoms with Crippen LogP contribution in [0.2, 0.25) is 0 Å². The lowest BCUT2D eigenvalue weighted by Crippen LogP contribution is -2.10. The summed E-state index contributed by atoms with van der Waals surface area (Å²) >= 11 is 0. The molecule has 0 unspecified atom stereocenters. The quantitative estimate of drug-likeness (QED) is 0.458. The van der Waals surface area contributed by atoms with Crippen LogP contribution in [0, 0.1) is 0 Å². The smallest absolute Gasteiger partial charge is 0.216 e. The second kappa shape index (κ2) is 2.79. The Kier molecular flexibility index (Phi) is 1.42. The van der Waals surface area contributed by atoms with E-state index in [4.69, 9.17) is 4.42 Å². The Morgan fingerprint density at radius 2 is 1.76 bits per heavy atom. The van der Waals surface area contributed by atoms with Crippen LogP contribution in [0.15, 0.2) is 41.3 Å². The van der Waals surface area contributed by atoms with Gasteiger partial charge in [-0.25, -0.2) is 0 Å². The zero-order chi connectivity index (χ0) is 11.4. The van der Waals surface area contributed by atoms with Crippen molar-refractivity contribution in [3.63, 3.8) is 0 Å². The Morgan fingerprint density at radius 3 is 2.59 bits per heavy atom. The zero-order valence-electron chi connectivity index (χ0n) is 8.68. The van der Waals surface area contributed by atoms with Gasteiger partial charge in [0.15, 0.2) is 5.76 Å². The molecule has 0 saturated carbocycles. The summed E-state index contributed by atoms with van der Waals surface area (Å²) in [5.41, 5.74) is 1.70. The number of rotatable bonds is 0. The van der Waals surface area contributed by atoms with Crippen LogP contribution in [0.25, 0.3) is 22.2 Å². The summed E-state index contributed by atoms with van der Waals surface area (Å²) in [7, 11) is 0. The first-order valence-electron chi connectivity index (χ1n) is 5.22. The summed E-state index contributed by atoms with van der Waals surface area (Å²) in [6.07, 6.45) is 4.86. The molecule has 3 heterocycles. The minimum Gasteiger partial charge on any atom is -0.462 e. The molecular weight excluding hydrogens is 216 g/mol. The number of pyridine rings is 2. The maximum atomic E-state index is 12.2. The van der Waals surface area contributed by atoms with Crippen molar-refractivity contribution in [3.05, 3.63) is 48.1 Å². The predicted octanol–water partition coefficient (Wildman–Crippen LogP) is 2.43. The molecule has 0 N–H and O–H groups in total. The molecule has 3 aromatic heterocycles. The lowest BCUT2D eigenvalue weighted by Gasteiger charge is -2.13. The van der Waals surface area contributed by atoms with Gasteiger partial charge >= 0.3 is 0 Å². The van der Waals surface area contributed by atoms with E-state index in [1.807, 2.05) is 12.1 Å². The van der Waals surface area contributed by atoms with Crippen molar-refractivity contribution in [3.8, 4) is 11.5 Å². The molecule has 80 valence electrons. The molecule has 0 fully saturated rings. The van der Waals surface area contributed by atoms with Gasteiger partial charge in [-0.1, -0.05) is 0 Å². The van der Waals surface area contributed by atoms with Crippen LogP contribution in [0.5, 0.6) is 0 Å². The van der Waals surface area contributed by atoms with Crippen molar-refractivity contribution < 1.29 is 9.21 Å². The normalized spacial score (nSPS) is 12.8. The molecule has 17 heavy (non-hydrogen) atoms. The van der Waals surface area contributed by atoms with Gasteiger partial charge in [-0.05, 0) is 23.6 Å². The molecule has 0 atom stereocenters. The number of furan rings is 1. The monoisotopic (exact) mass is 222 g/mol. The van der Waals surface area contributed by atoms with Crippen LogP contribution < -0.4 is 0 Å². The van der Waals surface area contributed by atoms with Crippen molar-refractivity contribution in [1.82, 2.24) is 9.97 Å². The summed E-state index contributed by atoms with van der Waals surface area (Å²) < 4.78 is 5.36. The highest BCUT2D eigenvalue weighted by atomic mass is 16.3. The van der Waals surface area contributed by atoms with Crippen LogP contribution in [-0.2, 0) is 0 Å². The van der Waals surface area contributed by atoms with Gasteiger partial charge in [0.25, 0.3) is 0 Å². The van der Waals surface area contributed by atoms with Gasteiger partial charge in [0.05, 0.1) is 11.8 Å². The number of hydrogen-bond donors (Lipinski definition) is 0. The topological polar surface area (TPSA) is 56.0 Å². The largest absolute Gasteiger partial charge is 0.462 e. The summed E-state index contributed by atoms with van der Waals surface area (Å²) in [6, 6.07) is 5.40. The molecular formula is C13H6N2O2. The number of carbonyl (C=O) groups excluding carboxylic acids is 1. The molecule has 4 nitrogen and oxygen atoms in total. The van der Waals surface area contributed by atoms with Gasteiger partial charge in [-0.2, -0.15) is 0 Å². The van der Waals surface area contributed by atoms with Gasteiger partial charge < -0.3 is 4.42 Å². The lowest BCUT2D eigenvalue weighted by molar-refractivity contribution is 0.103. The van der Waals surface area contributed by atoms with E-state index in [1.54, 1.807) is 18.5 Å². The second-order valence-electron chi connectivity index (χ2n) is 3.91. The molecule has 4 rings (SSSR count). The highest BCUT2D eigenvalue weighted by molar-refractivity contribution is 6.23. The predicted molar refractivity (Wildman–Crippen MR) is 60.7 cm³/mol. The number of carbonyl (C=O) groups is 1. The Hall–Kier alpha value is -2.49. The average molecular weight is 222 g/mol. The fourth-order valence-electron chi connectivity index (χ4n) is 2.26. The van der Waals surface area contributed by atoms with E-state index in [9.17, 15) is 4.79 Å². The molecule has 0 saturated heterocycles. The molecule has 0 radical (unpaired) electrons. The molecule has 0 aliphatic heterocycles. The van der Waals surface area contributed by atoms with E-state index < -0.39 is 0 Å². The summed E-state index contributed by atoms with van der Waals surface area (Å²) in [5, 5.41) is 1.73. The van der Waals surface area contributed by atoms with Crippen molar-refractivity contribution in [2.45, 2.75) is 0 Å². The Labute approximate surface area is 95.9 Å². The van der Waals surface area contributed by atoms with E-state index >= 15 is 0 Å². The minimum atomic E-state index is -0.0974. The van der Waals surface area contributed by atoms with Gasteiger partial charge in [0.1, 0.15) is 11.4 Å². The number of aromatic nitrogens is 2. The molecule has 0 spiro atoms. The highest BCUT2D eigenvalue weighted by Crippen LogP contribution is 2.37. The fourth-order valence-corrected chi connectivity index (χ4v) is 2.26. The van der Waals surface area contributed by atoms with E-state index in [-0.39, 0.29) is 5.78 Å². The molecule has 0 bridgehead atoms. The molecule has 1 aliphatic rings. The van der Waals surface area contributed by atoms with Gasteiger partial charge in [-0.15, -0.1) is 0 Å². The van der Waals surface area contributed by atoms with Crippen LogP contribution in [0.1, 0.15) is 16.1 Å². The van der Waals surface area contributed by atoms with Gasteiger partial charge in [0, 0.05) is 17.8 Å². The average Bonchev–Trinajstić information content (AvgIpc) is 2.85. The standard InChI is InChI=1S/C13H6N2O2/c16-12-8-3-6-17-13(8)11-9-7(2-5-15-11)1-4-14-10(9)12/h1-6H. The Bertz CT molecular complexity index is 769. The first-order valence-corrected chi connectivity index (χ1v) is 5.22. The SMILES string of the molecule is O=C1c2ccoc2-c2nccc3ccnc1c23. The molecule has 0 amide bonds. The molecule has 0 aromatic carbocycles. The maximum Gasteiger partial charge on any atom is 0.216 e. The second-order valence-corrected chi connectivity index (χ2v) is 3.91. The first-order chi connectivity index (χ1) is 8.36. The summed E-state index contributed by atoms with van der Waals surface area (Å²) in [6.45, 7) is 0. The van der Waals surface area contributed by atoms with Crippen LogP contribution >= 0.6 is 0 Å². The maximum absolute atomic E-state index is 12.2. The van der Waals surface area contributed by atoms with E-state index in [0.717, 1.165) is 10.8 Å². The number of fused-ring (bicyclic) bond motifs is 2. The number of nitrogens with zero attached hydrogens (tertiary/aromatic N) is 2. The Balaban J connectivity index is 2.31. The van der Waals surface area contributed by atoms with Crippen molar-refractivity contribution in [2.75, 3.05) is 0 Å². The molecule has 3 aromatic rings. The molecule has 1 aliphatic carbocycles. The first kappa shape index (κ1) is 8.64. The fraction of sp³-hybridized carbons (Fsp3) is 0. The van der Waals surface area contributed by atoms with E-state index in [2.05, 4.69) is 9.97 Å². The van der Waals surface area contributed by atoms with E-state index in [0.29, 0.717) is 22.7 Å². The van der Waals surface area contributed by atoms with Crippen LogP contribution in [0.4, 0.5) is 0 Å². The van der Waals surface area contributed by atoms with Gasteiger partial charge in [-0.3, -0.25) is 14.8 Å². The third kappa shape index (κ3) is 0.945. The van der Waals surface area contributed by atoms with Crippen LogP contribution in [0.3, 0.4) is 0 Å². The lowest BCUT2D eigenvalue weighted by atomic mass is 9.94. The highest BCUT2D eigenvalue weighted by Gasteiger charge is 2.29. The molecule has 4 heteroatoms. The van der Waals surface area contributed by atoms with Crippen molar-refractivity contribution in [1.29, 1.82) is 0 Å². The van der Waals surface area contributed by atoms with Gasteiger partial charge in [0.2, 0.25) is 5.78 Å². The summed E-state index contributed by atoms with van der Waals surface area (Å²) in [5.74, 6) is 0.445. The third-order valence-electron chi connectivity index (χ3n) is 3.02. The van der Waals surface area contributed by atoms with E-state index in [1.165, 1.54) is 6.26 Å². The number of hydrogen-bond acceptors (Lipinski definition) is 4. The Morgan fingerprint density at radius 1 is 1.00 bits per heavy atom. The summed E-state index contributed by atoms with van der Waals surface area (Å²) in [4.78, 5) is 20.7.